The summed E-state index contributed by atoms with van der Waals surface area (Å²) in [6.07, 6.45) is 3.11. The van der Waals surface area contributed by atoms with Crippen molar-refractivity contribution in [3.8, 4) is 5.75 Å². The minimum Gasteiger partial charge on any atom is -0.484 e. The van der Waals surface area contributed by atoms with E-state index in [9.17, 15) is 9.59 Å². The lowest BCUT2D eigenvalue weighted by atomic mass is 10.1. The van der Waals surface area contributed by atoms with Crippen LogP contribution < -0.4 is 10.1 Å². The first-order valence-electron chi connectivity index (χ1n) is 9.25. The van der Waals surface area contributed by atoms with Crippen molar-refractivity contribution in [3.63, 3.8) is 0 Å². The summed E-state index contributed by atoms with van der Waals surface area (Å²) in [5.41, 5.74) is 0.464. The molecule has 150 valence electrons. The van der Waals surface area contributed by atoms with Crippen LogP contribution >= 0.6 is 11.3 Å². The van der Waals surface area contributed by atoms with Crippen LogP contribution in [0.1, 0.15) is 47.7 Å². The Morgan fingerprint density at radius 3 is 2.57 bits per heavy atom. The van der Waals surface area contributed by atoms with Gasteiger partial charge in [0.25, 0.3) is 11.8 Å². The van der Waals surface area contributed by atoms with E-state index in [2.05, 4.69) is 15.5 Å². The molecule has 1 fully saturated rings. The molecule has 2 aromatic rings. The van der Waals surface area contributed by atoms with E-state index < -0.39 is 0 Å². The van der Waals surface area contributed by atoms with Crippen molar-refractivity contribution in [2.75, 3.05) is 32.1 Å². The third-order valence-corrected chi connectivity index (χ3v) is 5.55. The molecule has 1 aromatic carbocycles. The van der Waals surface area contributed by atoms with Gasteiger partial charge in [0, 0.05) is 25.8 Å². The SMILES string of the molecule is COC(C)c1nnc(NC(=O)c2ccc(OCC(=O)N3CCCCC3)cc2)s1. The first-order chi connectivity index (χ1) is 13.6. The number of aromatic nitrogens is 2. The first kappa shape index (κ1) is 20.2. The zero-order valence-electron chi connectivity index (χ0n) is 16.0. The normalized spacial score (nSPS) is 15.1. The van der Waals surface area contributed by atoms with Crippen molar-refractivity contribution in [2.45, 2.75) is 32.3 Å². The number of benzene rings is 1. The number of nitrogens with zero attached hydrogens (tertiary/aromatic N) is 3. The van der Waals surface area contributed by atoms with Crippen LogP contribution in [-0.2, 0) is 9.53 Å². The van der Waals surface area contributed by atoms with E-state index in [1.165, 1.54) is 17.8 Å². The van der Waals surface area contributed by atoms with Gasteiger partial charge in [0.15, 0.2) is 6.61 Å². The molecule has 0 bridgehead atoms. The molecule has 9 heteroatoms. The van der Waals surface area contributed by atoms with Crippen LogP contribution in [0.3, 0.4) is 0 Å². The topological polar surface area (TPSA) is 93.7 Å². The minimum atomic E-state index is -0.288. The maximum Gasteiger partial charge on any atom is 0.260 e. The molecular formula is C19H24N4O4S. The Morgan fingerprint density at radius 1 is 1.18 bits per heavy atom. The third kappa shape index (κ3) is 5.26. The average molecular weight is 404 g/mol. The molecule has 8 nitrogen and oxygen atoms in total. The Hall–Kier alpha value is -2.52. The van der Waals surface area contributed by atoms with Crippen LogP contribution in [0.15, 0.2) is 24.3 Å². The van der Waals surface area contributed by atoms with E-state index in [0.29, 0.717) is 21.5 Å². The lowest BCUT2D eigenvalue weighted by Crippen LogP contribution is -2.38. The summed E-state index contributed by atoms with van der Waals surface area (Å²) in [7, 11) is 1.59. The second-order valence-corrected chi connectivity index (χ2v) is 7.54. The highest BCUT2D eigenvalue weighted by molar-refractivity contribution is 7.15. The highest BCUT2D eigenvalue weighted by atomic mass is 32.1. The molecule has 1 N–H and O–H groups in total. The monoisotopic (exact) mass is 404 g/mol. The number of rotatable bonds is 7. The Morgan fingerprint density at radius 2 is 1.89 bits per heavy atom. The van der Waals surface area contributed by atoms with Gasteiger partial charge in [0.2, 0.25) is 5.13 Å². The summed E-state index contributed by atoms with van der Waals surface area (Å²) in [5.74, 6) is 0.261. The quantitative estimate of drug-likeness (QED) is 0.763. The van der Waals surface area contributed by atoms with E-state index in [0.717, 1.165) is 25.9 Å². The van der Waals surface area contributed by atoms with Gasteiger partial charge in [-0.15, -0.1) is 10.2 Å². The largest absolute Gasteiger partial charge is 0.484 e. The van der Waals surface area contributed by atoms with Gasteiger partial charge in [-0.2, -0.15) is 0 Å². The van der Waals surface area contributed by atoms with Crippen molar-refractivity contribution >= 4 is 28.3 Å². The van der Waals surface area contributed by atoms with Crippen molar-refractivity contribution in [2.24, 2.45) is 0 Å². The molecular weight excluding hydrogens is 380 g/mol. The highest BCUT2D eigenvalue weighted by Crippen LogP contribution is 2.24. The van der Waals surface area contributed by atoms with Gasteiger partial charge >= 0.3 is 0 Å². The molecule has 1 saturated heterocycles. The van der Waals surface area contributed by atoms with E-state index >= 15 is 0 Å². The number of methoxy groups -OCH3 is 1. The number of likely N-dealkylation sites (tertiary alicyclic amines) is 1. The Bertz CT molecular complexity index is 803. The Labute approximate surface area is 167 Å². The van der Waals surface area contributed by atoms with Crippen molar-refractivity contribution in [1.29, 1.82) is 0 Å². The molecule has 0 radical (unpaired) electrons. The van der Waals surface area contributed by atoms with E-state index in [4.69, 9.17) is 9.47 Å². The van der Waals surface area contributed by atoms with Crippen LogP contribution in [0.25, 0.3) is 0 Å². The third-order valence-electron chi connectivity index (χ3n) is 4.55. The van der Waals surface area contributed by atoms with Gasteiger partial charge in [-0.25, -0.2) is 0 Å². The molecule has 0 spiro atoms. The lowest BCUT2D eigenvalue weighted by molar-refractivity contribution is -0.134. The molecule has 3 rings (SSSR count). The summed E-state index contributed by atoms with van der Waals surface area (Å²) in [6.45, 7) is 3.48. The maximum absolute atomic E-state index is 12.3. The highest BCUT2D eigenvalue weighted by Gasteiger charge is 2.17. The van der Waals surface area contributed by atoms with Crippen LogP contribution in [0.4, 0.5) is 5.13 Å². The second-order valence-electron chi connectivity index (χ2n) is 6.53. The molecule has 1 aliphatic heterocycles. The number of carbonyl (C=O) groups is 2. The van der Waals surface area contributed by atoms with E-state index in [1.807, 2.05) is 11.8 Å². The van der Waals surface area contributed by atoms with Crippen LogP contribution in [-0.4, -0.2) is 53.7 Å². The molecule has 28 heavy (non-hydrogen) atoms. The Balaban J connectivity index is 1.51. The molecule has 1 aromatic heterocycles. The van der Waals surface area contributed by atoms with E-state index in [-0.39, 0.29) is 24.5 Å². The van der Waals surface area contributed by atoms with Gasteiger partial charge in [0.05, 0.1) is 0 Å². The number of nitrogens with one attached hydrogen (secondary N) is 1. The number of hydrogen-bond donors (Lipinski definition) is 1. The first-order valence-corrected chi connectivity index (χ1v) is 10.1. The van der Waals surface area contributed by atoms with Gasteiger partial charge in [-0.05, 0) is 50.5 Å². The molecule has 0 aliphatic carbocycles. The standard InChI is InChI=1S/C19H24N4O4S/c1-13(26-2)18-21-22-19(28-18)20-17(25)14-6-8-15(9-7-14)27-12-16(24)23-10-4-3-5-11-23/h6-9,13H,3-5,10-12H2,1-2H3,(H,20,22,25). The smallest absolute Gasteiger partial charge is 0.260 e. The van der Waals surface area contributed by atoms with Crippen molar-refractivity contribution < 1.29 is 19.1 Å². The molecule has 0 saturated carbocycles. The number of carbonyl (C=O) groups excluding carboxylic acids is 2. The van der Waals surface area contributed by atoms with Gasteiger partial charge in [-0.3, -0.25) is 14.9 Å². The van der Waals surface area contributed by atoms with Crippen LogP contribution in [0, 0.1) is 0 Å². The second kappa shape index (κ2) is 9.61. The number of piperidine rings is 1. The number of anilines is 1. The molecule has 1 unspecified atom stereocenters. The fraction of sp³-hybridized carbons (Fsp3) is 0.474. The fourth-order valence-electron chi connectivity index (χ4n) is 2.80. The van der Waals surface area contributed by atoms with E-state index in [1.54, 1.807) is 31.4 Å². The predicted molar refractivity (Wildman–Crippen MR) is 106 cm³/mol. The Kier molecular flexibility index (Phi) is 6.94. The molecule has 1 atom stereocenters. The molecule has 1 aliphatic rings. The van der Waals surface area contributed by atoms with Gasteiger partial charge < -0.3 is 14.4 Å². The molecule has 2 amide bonds. The number of hydrogen-bond acceptors (Lipinski definition) is 7. The van der Waals surface area contributed by atoms with Gasteiger partial charge in [-0.1, -0.05) is 11.3 Å². The maximum atomic E-state index is 12.3. The van der Waals surface area contributed by atoms with Gasteiger partial charge in [0.1, 0.15) is 16.9 Å². The summed E-state index contributed by atoms with van der Waals surface area (Å²) in [4.78, 5) is 26.3. The summed E-state index contributed by atoms with van der Waals surface area (Å²) >= 11 is 1.27. The zero-order valence-corrected chi connectivity index (χ0v) is 16.8. The van der Waals surface area contributed by atoms with Crippen molar-refractivity contribution in [1.82, 2.24) is 15.1 Å². The zero-order chi connectivity index (χ0) is 19.9. The van der Waals surface area contributed by atoms with Crippen molar-refractivity contribution in [3.05, 3.63) is 34.8 Å². The van der Waals surface area contributed by atoms with Crippen LogP contribution in [0.5, 0.6) is 5.75 Å². The lowest BCUT2D eigenvalue weighted by Gasteiger charge is -2.26. The number of ether oxygens (including phenoxy) is 2. The summed E-state index contributed by atoms with van der Waals surface area (Å²) < 4.78 is 10.7. The fourth-order valence-corrected chi connectivity index (χ4v) is 3.57. The summed E-state index contributed by atoms with van der Waals surface area (Å²) in [5, 5.41) is 11.8. The molecule has 2 heterocycles. The number of amides is 2. The predicted octanol–water partition coefficient (Wildman–Crippen LogP) is 2.89. The van der Waals surface area contributed by atoms with Crippen LogP contribution in [0.2, 0.25) is 0 Å². The summed E-state index contributed by atoms with van der Waals surface area (Å²) in [6, 6.07) is 6.65. The average Bonchev–Trinajstić information content (AvgIpc) is 3.20. The minimum absolute atomic E-state index is 0.00104.